The van der Waals surface area contributed by atoms with E-state index in [0.29, 0.717) is 18.0 Å². The summed E-state index contributed by atoms with van der Waals surface area (Å²) in [7, 11) is 0. The Morgan fingerprint density at radius 2 is 2.18 bits per heavy atom. The molecule has 6 nitrogen and oxygen atoms in total. The van der Waals surface area contributed by atoms with Gasteiger partial charge in [0.05, 0.1) is 5.69 Å². The lowest BCUT2D eigenvalue weighted by Gasteiger charge is -2.17. The van der Waals surface area contributed by atoms with Gasteiger partial charge in [0.2, 0.25) is 10.9 Å². The van der Waals surface area contributed by atoms with Gasteiger partial charge in [-0.15, -0.1) is 10.2 Å². The molecule has 1 saturated heterocycles. The van der Waals surface area contributed by atoms with Crippen molar-refractivity contribution < 1.29 is 14.0 Å². The number of rotatable bonds is 3. The third-order valence-electron chi connectivity index (χ3n) is 3.37. The molecule has 1 fully saturated rings. The van der Waals surface area contributed by atoms with Crippen LogP contribution in [0.3, 0.4) is 0 Å². The number of hydrogen-bond acceptors (Lipinski definition) is 5. The maximum atomic E-state index is 13.8. The van der Waals surface area contributed by atoms with E-state index in [9.17, 15) is 14.0 Å². The second kappa shape index (κ2) is 5.80. The van der Waals surface area contributed by atoms with E-state index in [-0.39, 0.29) is 16.6 Å². The van der Waals surface area contributed by atoms with Crippen molar-refractivity contribution >= 4 is 28.8 Å². The lowest BCUT2D eigenvalue weighted by Crippen LogP contribution is -2.41. The second-order valence-electron chi connectivity index (χ2n) is 4.88. The van der Waals surface area contributed by atoms with Gasteiger partial charge in [0, 0.05) is 6.54 Å². The number of nitrogens with one attached hydrogen (secondary N) is 1. The van der Waals surface area contributed by atoms with Gasteiger partial charge in [0.1, 0.15) is 16.9 Å². The van der Waals surface area contributed by atoms with Crippen molar-refractivity contribution in [2.75, 3.05) is 11.4 Å². The predicted octanol–water partition coefficient (Wildman–Crippen LogP) is 1.52. The molecule has 22 heavy (non-hydrogen) atoms. The Balaban J connectivity index is 1.72. The first-order valence-electron chi connectivity index (χ1n) is 6.73. The highest BCUT2D eigenvalue weighted by molar-refractivity contribution is 7.13. The number of nitrogens with zero attached hydrogens (tertiary/aromatic N) is 3. The smallest absolute Gasteiger partial charge is 0.282 e. The molecule has 2 aromatic rings. The maximum Gasteiger partial charge on any atom is 0.282 e. The SMILES string of the molecule is Cc1nnc(C(=O)N[C@H]2CCN(c3ccccc3F)C2=O)s1. The van der Waals surface area contributed by atoms with Gasteiger partial charge >= 0.3 is 0 Å². The first kappa shape index (κ1) is 14.6. The van der Waals surface area contributed by atoms with Gasteiger partial charge in [-0.2, -0.15) is 0 Å². The fourth-order valence-corrected chi connectivity index (χ4v) is 2.93. The van der Waals surface area contributed by atoms with E-state index in [1.807, 2.05) is 0 Å². The van der Waals surface area contributed by atoms with Crippen LogP contribution in [-0.4, -0.2) is 34.6 Å². The van der Waals surface area contributed by atoms with E-state index >= 15 is 0 Å². The average molecular weight is 320 g/mol. The van der Waals surface area contributed by atoms with Crippen molar-refractivity contribution in [2.24, 2.45) is 0 Å². The molecule has 0 saturated carbocycles. The zero-order chi connectivity index (χ0) is 15.7. The molecule has 0 radical (unpaired) electrons. The van der Waals surface area contributed by atoms with Crippen molar-refractivity contribution in [1.82, 2.24) is 15.5 Å². The van der Waals surface area contributed by atoms with Gasteiger partial charge in [0.15, 0.2) is 0 Å². The molecule has 1 N–H and O–H groups in total. The Kier molecular flexibility index (Phi) is 3.84. The summed E-state index contributed by atoms with van der Waals surface area (Å²) in [4.78, 5) is 25.7. The molecule has 0 bridgehead atoms. The number of amides is 2. The number of carbonyl (C=O) groups is 2. The summed E-state index contributed by atoms with van der Waals surface area (Å²) >= 11 is 1.16. The van der Waals surface area contributed by atoms with Crippen LogP contribution in [0.4, 0.5) is 10.1 Å². The van der Waals surface area contributed by atoms with Gasteiger partial charge < -0.3 is 10.2 Å². The zero-order valence-corrected chi connectivity index (χ0v) is 12.6. The topological polar surface area (TPSA) is 75.2 Å². The molecule has 3 rings (SSSR count). The Morgan fingerprint density at radius 3 is 2.86 bits per heavy atom. The summed E-state index contributed by atoms with van der Waals surface area (Å²) in [6.45, 7) is 2.11. The highest BCUT2D eigenvalue weighted by Gasteiger charge is 2.35. The predicted molar refractivity (Wildman–Crippen MR) is 79.3 cm³/mol. The maximum absolute atomic E-state index is 13.8. The fourth-order valence-electron chi connectivity index (χ4n) is 2.33. The van der Waals surface area contributed by atoms with E-state index in [0.717, 1.165) is 11.3 Å². The Bertz CT molecular complexity index is 733. The third kappa shape index (κ3) is 2.69. The van der Waals surface area contributed by atoms with Gasteiger partial charge in [-0.3, -0.25) is 9.59 Å². The minimum atomic E-state index is -0.670. The first-order chi connectivity index (χ1) is 10.6. The van der Waals surface area contributed by atoms with Crippen LogP contribution in [0.5, 0.6) is 0 Å². The van der Waals surface area contributed by atoms with E-state index in [1.54, 1.807) is 25.1 Å². The number of aryl methyl sites for hydroxylation is 1. The van der Waals surface area contributed by atoms with Gasteiger partial charge in [-0.25, -0.2) is 4.39 Å². The molecule has 0 unspecified atom stereocenters. The molecular formula is C14H13FN4O2S. The normalized spacial score (nSPS) is 17.8. The number of aromatic nitrogens is 2. The first-order valence-corrected chi connectivity index (χ1v) is 7.55. The van der Waals surface area contributed by atoms with Crippen molar-refractivity contribution in [1.29, 1.82) is 0 Å². The van der Waals surface area contributed by atoms with Crippen LogP contribution in [0.2, 0.25) is 0 Å². The monoisotopic (exact) mass is 320 g/mol. The van der Waals surface area contributed by atoms with Crippen LogP contribution in [0.15, 0.2) is 24.3 Å². The molecule has 2 amide bonds. The van der Waals surface area contributed by atoms with Crippen molar-refractivity contribution in [2.45, 2.75) is 19.4 Å². The Morgan fingerprint density at radius 1 is 1.41 bits per heavy atom. The standard InChI is InChI=1S/C14H13FN4O2S/c1-8-17-18-13(22-8)12(20)16-10-6-7-19(14(10)21)11-5-3-2-4-9(11)15/h2-5,10H,6-7H2,1H3,(H,16,20)/t10-/m0/s1. The molecular weight excluding hydrogens is 307 g/mol. The molecule has 1 aromatic heterocycles. The van der Waals surface area contributed by atoms with Gasteiger partial charge in [-0.1, -0.05) is 23.5 Å². The molecule has 8 heteroatoms. The van der Waals surface area contributed by atoms with E-state index in [1.165, 1.54) is 11.0 Å². The van der Waals surface area contributed by atoms with E-state index in [4.69, 9.17) is 0 Å². The fraction of sp³-hybridized carbons (Fsp3) is 0.286. The minimum absolute atomic E-state index is 0.217. The van der Waals surface area contributed by atoms with Crippen LogP contribution in [0.1, 0.15) is 21.2 Å². The third-order valence-corrected chi connectivity index (χ3v) is 4.21. The summed E-state index contributed by atoms with van der Waals surface area (Å²) in [6.07, 6.45) is 0.427. The molecule has 0 spiro atoms. The van der Waals surface area contributed by atoms with Crippen LogP contribution in [-0.2, 0) is 4.79 Å². The van der Waals surface area contributed by atoms with Crippen molar-refractivity contribution in [3.05, 3.63) is 40.1 Å². The van der Waals surface area contributed by atoms with Crippen molar-refractivity contribution in [3.63, 3.8) is 0 Å². The Labute approximate surface area is 130 Å². The van der Waals surface area contributed by atoms with Crippen LogP contribution < -0.4 is 10.2 Å². The molecule has 114 valence electrons. The highest BCUT2D eigenvalue weighted by Crippen LogP contribution is 2.24. The molecule has 1 atom stereocenters. The molecule has 1 aromatic carbocycles. The number of halogens is 1. The zero-order valence-electron chi connectivity index (χ0n) is 11.7. The molecule has 0 aliphatic carbocycles. The van der Waals surface area contributed by atoms with Crippen LogP contribution in [0.25, 0.3) is 0 Å². The van der Waals surface area contributed by atoms with Crippen LogP contribution >= 0.6 is 11.3 Å². The lowest BCUT2D eigenvalue weighted by atomic mass is 10.2. The molecule has 2 heterocycles. The Hall–Kier alpha value is -2.35. The number of anilines is 1. The van der Waals surface area contributed by atoms with Crippen molar-refractivity contribution in [3.8, 4) is 0 Å². The summed E-state index contributed by atoms with van der Waals surface area (Å²) in [6, 6.07) is 5.42. The van der Waals surface area contributed by atoms with Gasteiger partial charge in [-0.05, 0) is 25.5 Å². The quantitative estimate of drug-likeness (QED) is 0.930. The number of para-hydroxylation sites is 1. The average Bonchev–Trinajstić information content (AvgIpc) is 3.07. The summed E-state index contributed by atoms with van der Waals surface area (Å²) < 4.78 is 13.8. The number of hydrogen-bond donors (Lipinski definition) is 1. The number of carbonyl (C=O) groups excluding carboxylic acids is 2. The van der Waals surface area contributed by atoms with Gasteiger partial charge in [0.25, 0.3) is 5.91 Å². The summed E-state index contributed by atoms with van der Waals surface area (Å²) in [5.41, 5.74) is 0.232. The highest BCUT2D eigenvalue weighted by atomic mass is 32.1. The molecule has 1 aliphatic heterocycles. The van der Waals surface area contributed by atoms with E-state index in [2.05, 4.69) is 15.5 Å². The summed E-state index contributed by atoms with van der Waals surface area (Å²) in [5, 5.41) is 11.0. The van der Waals surface area contributed by atoms with Crippen LogP contribution in [0, 0.1) is 12.7 Å². The summed E-state index contributed by atoms with van der Waals surface area (Å²) in [5.74, 6) is -1.21. The molecule has 1 aliphatic rings. The minimum Gasteiger partial charge on any atom is -0.338 e. The lowest BCUT2D eigenvalue weighted by molar-refractivity contribution is -0.118. The largest absolute Gasteiger partial charge is 0.338 e. The van der Waals surface area contributed by atoms with E-state index < -0.39 is 17.8 Å². The second-order valence-corrected chi connectivity index (χ2v) is 6.06. The number of benzene rings is 1.